The molecule has 1 aromatic heterocycles. The number of benzene rings is 2. The molecule has 0 aliphatic carbocycles. The number of amides is 1. The number of carbonyl (C=O) groups excluding carboxylic acids is 1. The molecule has 1 unspecified atom stereocenters. The molecule has 3 aromatic rings. The third-order valence-corrected chi connectivity index (χ3v) is 5.13. The lowest BCUT2D eigenvalue weighted by Crippen LogP contribution is -2.31. The molecule has 30 heavy (non-hydrogen) atoms. The smallest absolute Gasteiger partial charge is 0.318 e. The van der Waals surface area contributed by atoms with E-state index in [1.165, 1.54) is 12.5 Å². The SMILES string of the molecule is O=C(NC(Cc1ccccc1)c1nnc(N2CCCCC2)o1)c1c(F)cccc1F. The molecule has 2 aromatic carbocycles. The molecule has 1 aliphatic heterocycles. The standard InChI is InChI=1S/C22H22F2N4O2/c23-16-10-7-11-17(24)19(16)20(29)25-18(14-15-8-3-1-4-9-15)21-26-27-22(30-21)28-12-5-2-6-13-28/h1,3-4,7-11,18H,2,5-6,12-14H2,(H,25,29). The van der Waals surface area contributed by atoms with Gasteiger partial charge in [0.2, 0.25) is 5.89 Å². The number of hydrogen-bond acceptors (Lipinski definition) is 5. The second-order valence-corrected chi connectivity index (χ2v) is 7.28. The topological polar surface area (TPSA) is 71.3 Å². The maximum absolute atomic E-state index is 14.1. The van der Waals surface area contributed by atoms with E-state index in [0.717, 1.165) is 43.6 Å². The molecule has 1 atom stereocenters. The van der Waals surface area contributed by atoms with Gasteiger partial charge in [0.15, 0.2) is 0 Å². The third kappa shape index (κ3) is 4.48. The van der Waals surface area contributed by atoms with Crippen molar-refractivity contribution in [1.29, 1.82) is 0 Å². The Kier molecular flexibility index (Phi) is 6.02. The van der Waals surface area contributed by atoms with Gasteiger partial charge in [0.05, 0.1) is 0 Å². The van der Waals surface area contributed by atoms with Gasteiger partial charge in [-0.05, 0) is 37.0 Å². The minimum atomic E-state index is -0.925. The molecule has 4 rings (SSSR count). The van der Waals surface area contributed by atoms with E-state index >= 15 is 0 Å². The van der Waals surface area contributed by atoms with E-state index in [1.54, 1.807) is 0 Å². The average Bonchev–Trinajstić information content (AvgIpc) is 3.25. The third-order valence-electron chi connectivity index (χ3n) is 5.13. The highest BCUT2D eigenvalue weighted by Crippen LogP contribution is 2.24. The van der Waals surface area contributed by atoms with Gasteiger partial charge in [-0.2, -0.15) is 0 Å². The summed E-state index contributed by atoms with van der Waals surface area (Å²) in [5.41, 5.74) is 0.279. The summed E-state index contributed by atoms with van der Waals surface area (Å²) in [6.07, 6.45) is 3.60. The molecule has 0 spiro atoms. The van der Waals surface area contributed by atoms with Crippen LogP contribution in [0.25, 0.3) is 0 Å². The molecule has 156 valence electrons. The fraction of sp³-hybridized carbons (Fsp3) is 0.318. The van der Waals surface area contributed by atoms with Crippen LogP contribution in [0.5, 0.6) is 0 Å². The van der Waals surface area contributed by atoms with Crippen LogP contribution in [0, 0.1) is 11.6 Å². The lowest BCUT2D eigenvalue weighted by atomic mass is 10.0. The van der Waals surface area contributed by atoms with E-state index in [2.05, 4.69) is 15.5 Å². The molecule has 6 nitrogen and oxygen atoms in total. The van der Waals surface area contributed by atoms with E-state index in [1.807, 2.05) is 35.2 Å². The summed E-state index contributed by atoms with van der Waals surface area (Å²) in [7, 11) is 0. The number of piperidine rings is 1. The van der Waals surface area contributed by atoms with Gasteiger partial charge in [-0.25, -0.2) is 8.78 Å². The number of rotatable bonds is 6. The number of carbonyl (C=O) groups is 1. The van der Waals surface area contributed by atoms with Crippen molar-refractivity contribution in [3.63, 3.8) is 0 Å². The molecule has 0 saturated carbocycles. The van der Waals surface area contributed by atoms with Crippen molar-refractivity contribution in [3.8, 4) is 0 Å². The molecule has 1 saturated heterocycles. The number of halogens is 2. The van der Waals surface area contributed by atoms with Gasteiger partial charge in [0.25, 0.3) is 5.91 Å². The van der Waals surface area contributed by atoms with Crippen LogP contribution in [0.1, 0.15) is 47.1 Å². The van der Waals surface area contributed by atoms with E-state index in [4.69, 9.17) is 4.42 Å². The first-order valence-electron chi connectivity index (χ1n) is 9.99. The molecule has 8 heteroatoms. The maximum Gasteiger partial charge on any atom is 0.318 e. The van der Waals surface area contributed by atoms with Crippen molar-refractivity contribution in [2.75, 3.05) is 18.0 Å². The molecule has 2 heterocycles. The molecule has 1 amide bonds. The first kappa shape index (κ1) is 20.0. The van der Waals surface area contributed by atoms with Gasteiger partial charge < -0.3 is 14.6 Å². The highest BCUT2D eigenvalue weighted by Gasteiger charge is 2.26. The highest BCUT2D eigenvalue weighted by molar-refractivity contribution is 5.95. The normalized spacial score (nSPS) is 15.1. The highest BCUT2D eigenvalue weighted by atomic mass is 19.1. The predicted molar refractivity (Wildman–Crippen MR) is 107 cm³/mol. The maximum atomic E-state index is 14.1. The quantitative estimate of drug-likeness (QED) is 0.661. The minimum absolute atomic E-state index is 0.199. The van der Waals surface area contributed by atoms with Crippen molar-refractivity contribution >= 4 is 11.9 Å². The average molecular weight is 412 g/mol. The second kappa shape index (κ2) is 9.02. The Hall–Kier alpha value is -3.29. The molecular weight excluding hydrogens is 390 g/mol. The number of nitrogens with one attached hydrogen (secondary N) is 1. The number of nitrogens with zero attached hydrogens (tertiary/aromatic N) is 3. The Morgan fingerprint density at radius 1 is 1.00 bits per heavy atom. The largest absolute Gasteiger partial charge is 0.406 e. The molecule has 1 fully saturated rings. The first-order valence-corrected chi connectivity index (χ1v) is 9.99. The van der Waals surface area contributed by atoms with Crippen LogP contribution in [0.15, 0.2) is 52.9 Å². The summed E-state index contributed by atoms with van der Waals surface area (Å²) >= 11 is 0. The summed E-state index contributed by atoms with van der Waals surface area (Å²) in [6.45, 7) is 1.66. The van der Waals surface area contributed by atoms with Gasteiger partial charge in [-0.15, -0.1) is 5.10 Å². The predicted octanol–water partition coefficient (Wildman–Crippen LogP) is 4.05. The Morgan fingerprint density at radius 3 is 2.40 bits per heavy atom. The van der Waals surface area contributed by atoms with Crippen LogP contribution in [0.2, 0.25) is 0 Å². The van der Waals surface area contributed by atoms with Gasteiger partial charge in [0.1, 0.15) is 23.2 Å². The zero-order valence-electron chi connectivity index (χ0n) is 16.4. The molecule has 0 bridgehead atoms. The summed E-state index contributed by atoms with van der Waals surface area (Å²) in [4.78, 5) is 14.7. The van der Waals surface area contributed by atoms with E-state index in [0.29, 0.717) is 12.4 Å². The Labute approximate surface area is 172 Å². The molecular formula is C22H22F2N4O2. The Balaban J connectivity index is 1.60. The van der Waals surface area contributed by atoms with Crippen molar-refractivity contribution in [2.45, 2.75) is 31.7 Å². The first-order chi connectivity index (χ1) is 14.6. The Bertz CT molecular complexity index is 983. The summed E-state index contributed by atoms with van der Waals surface area (Å²) in [6, 6.07) is 12.4. The summed E-state index contributed by atoms with van der Waals surface area (Å²) < 4.78 is 34.0. The van der Waals surface area contributed by atoms with Gasteiger partial charge >= 0.3 is 6.01 Å². The monoisotopic (exact) mass is 412 g/mol. The lowest BCUT2D eigenvalue weighted by molar-refractivity contribution is 0.0921. The lowest BCUT2D eigenvalue weighted by Gasteiger charge is -2.24. The minimum Gasteiger partial charge on any atom is -0.406 e. The van der Waals surface area contributed by atoms with Gasteiger partial charge in [-0.3, -0.25) is 4.79 Å². The molecule has 1 N–H and O–H groups in total. The fourth-order valence-electron chi connectivity index (χ4n) is 3.58. The molecule has 1 aliphatic rings. The van der Waals surface area contributed by atoms with Crippen LogP contribution in [-0.4, -0.2) is 29.2 Å². The van der Waals surface area contributed by atoms with E-state index in [9.17, 15) is 13.6 Å². The van der Waals surface area contributed by atoms with Crippen LogP contribution in [-0.2, 0) is 6.42 Å². The van der Waals surface area contributed by atoms with Crippen LogP contribution >= 0.6 is 0 Å². The number of hydrogen-bond donors (Lipinski definition) is 1. The van der Waals surface area contributed by atoms with Gasteiger partial charge in [-0.1, -0.05) is 41.5 Å². The summed E-state index contributed by atoms with van der Waals surface area (Å²) in [5, 5.41) is 10.9. The Morgan fingerprint density at radius 2 is 1.70 bits per heavy atom. The second-order valence-electron chi connectivity index (χ2n) is 7.28. The van der Waals surface area contributed by atoms with Crippen molar-refractivity contribution in [1.82, 2.24) is 15.5 Å². The zero-order chi connectivity index (χ0) is 20.9. The van der Waals surface area contributed by atoms with Crippen molar-refractivity contribution in [3.05, 3.63) is 77.2 Å². The number of aromatic nitrogens is 2. The van der Waals surface area contributed by atoms with Crippen LogP contribution < -0.4 is 10.2 Å². The van der Waals surface area contributed by atoms with E-state index in [-0.39, 0.29) is 5.89 Å². The van der Waals surface area contributed by atoms with Crippen LogP contribution in [0.4, 0.5) is 14.8 Å². The van der Waals surface area contributed by atoms with Crippen LogP contribution in [0.3, 0.4) is 0 Å². The number of anilines is 1. The zero-order valence-corrected chi connectivity index (χ0v) is 16.4. The van der Waals surface area contributed by atoms with Crippen molar-refractivity contribution in [2.24, 2.45) is 0 Å². The molecule has 0 radical (unpaired) electrons. The summed E-state index contributed by atoms with van der Waals surface area (Å²) in [5.74, 6) is -2.52. The van der Waals surface area contributed by atoms with E-state index < -0.39 is 29.1 Å². The van der Waals surface area contributed by atoms with Crippen molar-refractivity contribution < 1.29 is 18.0 Å². The fourth-order valence-corrected chi connectivity index (χ4v) is 3.58. The van der Waals surface area contributed by atoms with Gasteiger partial charge in [0, 0.05) is 19.5 Å².